The Balaban J connectivity index is 1.83. The van der Waals surface area contributed by atoms with Crippen LogP contribution >= 0.6 is 0 Å². The van der Waals surface area contributed by atoms with E-state index in [2.05, 4.69) is 45.0 Å². The quantitative estimate of drug-likeness (QED) is 0.839. The Morgan fingerprint density at radius 3 is 2.32 bits per heavy atom. The second-order valence-corrected chi connectivity index (χ2v) is 7.94. The summed E-state index contributed by atoms with van der Waals surface area (Å²) in [7, 11) is 2.15. The molecule has 1 saturated heterocycles. The third-order valence-electron chi connectivity index (χ3n) is 5.85. The molecule has 1 heterocycles. The Kier molecular flexibility index (Phi) is 4.94. The van der Waals surface area contributed by atoms with Crippen molar-refractivity contribution in [2.75, 3.05) is 26.7 Å². The van der Waals surface area contributed by atoms with Crippen molar-refractivity contribution in [1.29, 1.82) is 0 Å². The molecule has 1 saturated carbocycles. The fourth-order valence-corrected chi connectivity index (χ4v) is 4.47. The van der Waals surface area contributed by atoms with Gasteiger partial charge in [-0.25, -0.2) is 0 Å². The lowest BCUT2D eigenvalue weighted by molar-refractivity contribution is 0.126. The minimum atomic E-state index is 0.482. The zero-order valence-electron chi connectivity index (χ0n) is 13.7. The van der Waals surface area contributed by atoms with Crippen molar-refractivity contribution in [3.8, 4) is 0 Å². The molecule has 2 fully saturated rings. The van der Waals surface area contributed by atoms with Crippen LogP contribution in [0.25, 0.3) is 0 Å². The zero-order valence-corrected chi connectivity index (χ0v) is 13.7. The second-order valence-electron chi connectivity index (χ2n) is 7.94. The Hall–Kier alpha value is -0.0800. The molecule has 0 amide bonds. The van der Waals surface area contributed by atoms with Gasteiger partial charge in [-0.2, -0.15) is 0 Å². The van der Waals surface area contributed by atoms with E-state index >= 15 is 0 Å². The minimum absolute atomic E-state index is 0.482. The predicted octanol–water partition coefficient (Wildman–Crippen LogP) is 3.38. The highest BCUT2D eigenvalue weighted by molar-refractivity contribution is 4.96. The first-order valence-corrected chi connectivity index (χ1v) is 8.33. The van der Waals surface area contributed by atoms with Crippen molar-refractivity contribution in [2.45, 2.75) is 59.4 Å². The number of piperidine rings is 1. The third kappa shape index (κ3) is 3.52. The molecule has 1 aliphatic carbocycles. The van der Waals surface area contributed by atoms with E-state index in [0.29, 0.717) is 11.5 Å². The Morgan fingerprint density at radius 2 is 1.79 bits per heavy atom. The number of nitrogens with one attached hydrogen (secondary N) is 1. The first-order valence-electron chi connectivity index (χ1n) is 8.33. The van der Waals surface area contributed by atoms with Crippen LogP contribution in [0.5, 0.6) is 0 Å². The second kappa shape index (κ2) is 6.13. The van der Waals surface area contributed by atoms with Crippen LogP contribution in [0.15, 0.2) is 0 Å². The average Bonchev–Trinajstić information content (AvgIpc) is 2.64. The van der Waals surface area contributed by atoms with Crippen LogP contribution in [0.1, 0.15) is 53.4 Å². The number of likely N-dealkylation sites (tertiary alicyclic amines) is 1. The van der Waals surface area contributed by atoms with E-state index in [-0.39, 0.29) is 0 Å². The molecule has 1 N–H and O–H groups in total. The molecule has 2 atom stereocenters. The lowest BCUT2D eigenvalue weighted by Gasteiger charge is -2.37. The van der Waals surface area contributed by atoms with Gasteiger partial charge in [-0.1, -0.05) is 27.7 Å². The highest BCUT2D eigenvalue weighted by Crippen LogP contribution is 2.41. The SMILES string of the molecule is CNC1C(CN2CCC(C(C)C)CC2)CCC1(C)C. The van der Waals surface area contributed by atoms with Crippen molar-refractivity contribution in [3.05, 3.63) is 0 Å². The summed E-state index contributed by atoms with van der Waals surface area (Å²) in [6.07, 6.45) is 5.62. The van der Waals surface area contributed by atoms with E-state index in [9.17, 15) is 0 Å². The van der Waals surface area contributed by atoms with Gasteiger partial charge in [0.25, 0.3) is 0 Å². The normalized spacial score (nSPS) is 33.2. The summed E-state index contributed by atoms with van der Waals surface area (Å²) in [6.45, 7) is 13.6. The van der Waals surface area contributed by atoms with E-state index in [0.717, 1.165) is 17.8 Å². The summed E-state index contributed by atoms with van der Waals surface area (Å²) in [5, 5.41) is 3.59. The summed E-state index contributed by atoms with van der Waals surface area (Å²) < 4.78 is 0. The number of nitrogens with zero attached hydrogens (tertiary/aromatic N) is 1. The summed E-state index contributed by atoms with van der Waals surface area (Å²) >= 11 is 0. The molecule has 0 spiro atoms. The van der Waals surface area contributed by atoms with Crippen LogP contribution in [0.2, 0.25) is 0 Å². The molecule has 1 aliphatic heterocycles. The molecule has 0 radical (unpaired) electrons. The van der Waals surface area contributed by atoms with Gasteiger partial charge in [0.15, 0.2) is 0 Å². The minimum Gasteiger partial charge on any atom is -0.316 e. The molecule has 2 rings (SSSR count). The van der Waals surface area contributed by atoms with Crippen LogP contribution in [-0.2, 0) is 0 Å². The van der Waals surface area contributed by atoms with E-state index in [1.165, 1.54) is 45.3 Å². The molecule has 0 bridgehead atoms. The van der Waals surface area contributed by atoms with E-state index < -0.39 is 0 Å². The molecule has 2 heteroatoms. The molecule has 0 aromatic heterocycles. The maximum atomic E-state index is 3.59. The lowest BCUT2D eigenvalue weighted by atomic mass is 9.84. The molecule has 0 aromatic rings. The van der Waals surface area contributed by atoms with Gasteiger partial charge in [0.2, 0.25) is 0 Å². The van der Waals surface area contributed by atoms with Gasteiger partial charge >= 0.3 is 0 Å². The van der Waals surface area contributed by atoms with E-state index in [1.807, 2.05) is 0 Å². The van der Waals surface area contributed by atoms with Gasteiger partial charge in [0, 0.05) is 12.6 Å². The standard InChI is InChI=1S/C17H34N2/c1-13(2)14-7-10-19(11-8-14)12-15-6-9-17(3,4)16(15)18-5/h13-16,18H,6-12H2,1-5H3. The maximum Gasteiger partial charge on any atom is 0.0156 e. The van der Waals surface area contributed by atoms with Gasteiger partial charge in [0.05, 0.1) is 0 Å². The predicted molar refractivity (Wildman–Crippen MR) is 83.4 cm³/mol. The lowest BCUT2D eigenvalue weighted by Crippen LogP contribution is -2.46. The summed E-state index contributed by atoms with van der Waals surface area (Å²) in [5.41, 5.74) is 0.482. The molecule has 2 nitrogen and oxygen atoms in total. The highest BCUT2D eigenvalue weighted by atomic mass is 15.1. The smallest absolute Gasteiger partial charge is 0.0156 e. The van der Waals surface area contributed by atoms with Crippen molar-refractivity contribution in [1.82, 2.24) is 10.2 Å². The average molecular weight is 266 g/mol. The van der Waals surface area contributed by atoms with E-state index in [1.54, 1.807) is 0 Å². The highest BCUT2D eigenvalue weighted by Gasteiger charge is 2.41. The molecular weight excluding hydrogens is 232 g/mol. The van der Waals surface area contributed by atoms with Gasteiger partial charge in [-0.15, -0.1) is 0 Å². The first kappa shape index (κ1) is 15.3. The van der Waals surface area contributed by atoms with Gasteiger partial charge in [0.1, 0.15) is 0 Å². The molecule has 19 heavy (non-hydrogen) atoms. The van der Waals surface area contributed by atoms with Crippen LogP contribution in [0.4, 0.5) is 0 Å². The van der Waals surface area contributed by atoms with Crippen LogP contribution < -0.4 is 5.32 Å². The van der Waals surface area contributed by atoms with Crippen LogP contribution in [0.3, 0.4) is 0 Å². The fourth-order valence-electron chi connectivity index (χ4n) is 4.47. The largest absolute Gasteiger partial charge is 0.316 e. The van der Waals surface area contributed by atoms with Crippen molar-refractivity contribution in [2.24, 2.45) is 23.2 Å². The molecule has 112 valence electrons. The van der Waals surface area contributed by atoms with Gasteiger partial charge in [-0.3, -0.25) is 0 Å². The number of rotatable bonds is 4. The number of hydrogen-bond donors (Lipinski definition) is 1. The Labute approximate surface area is 120 Å². The summed E-state index contributed by atoms with van der Waals surface area (Å²) in [4.78, 5) is 2.73. The van der Waals surface area contributed by atoms with Crippen molar-refractivity contribution >= 4 is 0 Å². The Morgan fingerprint density at radius 1 is 1.16 bits per heavy atom. The van der Waals surface area contributed by atoms with E-state index in [4.69, 9.17) is 0 Å². The molecule has 2 unspecified atom stereocenters. The van der Waals surface area contributed by atoms with Crippen molar-refractivity contribution < 1.29 is 0 Å². The third-order valence-corrected chi connectivity index (χ3v) is 5.85. The monoisotopic (exact) mass is 266 g/mol. The maximum absolute atomic E-state index is 3.59. The number of hydrogen-bond acceptors (Lipinski definition) is 2. The fraction of sp³-hybridized carbons (Fsp3) is 1.00. The molecule has 2 aliphatic rings. The summed E-state index contributed by atoms with van der Waals surface area (Å²) in [5.74, 6) is 2.70. The Bertz CT molecular complexity index is 277. The van der Waals surface area contributed by atoms with Crippen molar-refractivity contribution in [3.63, 3.8) is 0 Å². The summed E-state index contributed by atoms with van der Waals surface area (Å²) in [6, 6.07) is 0.704. The molecular formula is C17H34N2. The van der Waals surface area contributed by atoms with Crippen LogP contribution in [-0.4, -0.2) is 37.6 Å². The van der Waals surface area contributed by atoms with Gasteiger partial charge < -0.3 is 10.2 Å². The van der Waals surface area contributed by atoms with Crippen LogP contribution in [0, 0.1) is 23.2 Å². The topological polar surface area (TPSA) is 15.3 Å². The zero-order chi connectivity index (χ0) is 14.0. The first-order chi connectivity index (χ1) is 8.94. The molecule has 0 aromatic carbocycles. The van der Waals surface area contributed by atoms with Gasteiger partial charge in [-0.05, 0) is 69.0 Å².